The highest BCUT2D eigenvalue weighted by molar-refractivity contribution is 5.55. The second-order valence-electron chi connectivity index (χ2n) is 5.37. The van der Waals surface area contributed by atoms with Crippen molar-refractivity contribution in [1.29, 1.82) is 0 Å². The van der Waals surface area contributed by atoms with Crippen LogP contribution in [0.5, 0.6) is 0 Å². The third-order valence-corrected chi connectivity index (χ3v) is 4.06. The number of nitrogens with zero attached hydrogens (tertiary/aromatic N) is 1. The lowest BCUT2D eigenvalue weighted by atomic mass is 9.93. The van der Waals surface area contributed by atoms with Crippen LogP contribution >= 0.6 is 0 Å². The van der Waals surface area contributed by atoms with Gasteiger partial charge in [0.2, 0.25) is 0 Å². The molecule has 0 unspecified atom stereocenters. The number of hydrogen-bond donors (Lipinski definition) is 1. The summed E-state index contributed by atoms with van der Waals surface area (Å²) in [6, 6.07) is 9.75. The molecule has 1 N–H and O–H groups in total. The standard InChI is InChI=1S/C15H22N2/c1-2-11-17(12-3-1)15-9-7-14(8-10-15)16-13-5-4-6-13/h7-10,13,16H,1-6,11-12H2. The Kier molecular flexibility index (Phi) is 3.21. The maximum atomic E-state index is 3.59. The predicted molar refractivity (Wildman–Crippen MR) is 73.8 cm³/mol. The van der Waals surface area contributed by atoms with Gasteiger partial charge in [0.25, 0.3) is 0 Å². The molecule has 2 aliphatic rings. The molecule has 1 heterocycles. The lowest BCUT2D eigenvalue weighted by Gasteiger charge is -2.30. The van der Waals surface area contributed by atoms with Crippen LogP contribution in [0.4, 0.5) is 11.4 Å². The minimum absolute atomic E-state index is 0.732. The van der Waals surface area contributed by atoms with E-state index in [1.165, 1.54) is 63.0 Å². The van der Waals surface area contributed by atoms with Gasteiger partial charge in [-0.25, -0.2) is 0 Å². The molecule has 2 heteroatoms. The maximum Gasteiger partial charge on any atom is 0.0367 e. The first-order valence-corrected chi connectivity index (χ1v) is 7.03. The smallest absolute Gasteiger partial charge is 0.0367 e. The Morgan fingerprint density at radius 2 is 1.59 bits per heavy atom. The number of hydrogen-bond acceptors (Lipinski definition) is 2. The number of benzene rings is 1. The van der Waals surface area contributed by atoms with E-state index in [0.29, 0.717) is 0 Å². The number of anilines is 2. The van der Waals surface area contributed by atoms with E-state index in [0.717, 1.165) is 6.04 Å². The van der Waals surface area contributed by atoms with Crippen molar-refractivity contribution >= 4 is 11.4 Å². The van der Waals surface area contributed by atoms with E-state index in [1.54, 1.807) is 0 Å². The van der Waals surface area contributed by atoms with Crippen molar-refractivity contribution in [1.82, 2.24) is 0 Å². The van der Waals surface area contributed by atoms with E-state index < -0.39 is 0 Å². The van der Waals surface area contributed by atoms with Gasteiger partial charge in [-0.05, 0) is 62.8 Å². The minimum Gasteiger partial charge on any atom is -0.382 e. The molecular weight excluding hydrogens is 208 g/mol. The summed E-state index contributed by atoms with van der Waals surface area (Å²) in [7, 11) is 0. The molecule has 0 aromatic heterocycles. The van der Waals surface area contributed by atoms with Gasteiger partial charge in [0.1, 0.15) is 0 Å². The van der Waals surface area contributed by atoms with Crippen LogP contribution in [0.15, 0.2) is 24.3 Å². The molecule has 17 heavy (non-hydrogen) atoms. The molecule has 92 valence electrons. The van der Waals surface area contributed by atoms with Crippen LogP contribution in [-0.2, 0) is 0 Å². The summed E-state index contributed by atoms with van der Waals surface area (Å²) in [5.74, 6) is 0. The Bertz CT molecular complexity index is 348. The highest BCUT2D eigenvalue weighted by Gasteiger charge is 2.16. The summed E-state index contributed by atoms with van der Waals surface area (Å²) in [5.41, 5.74) is 2.68. The van der Waals surface area contributed by atoms with E-state index in [4.69, 9.17) is 0 Å². The fourth-order valence-electron chi connectivity index (χ4n) is 2.71. The number of rotatable bonds is 3. The average molecular weight is 230 g/mol. The fraction of sp³-hybridized carbons (Fsp3) is 0.600. The molecule has 1 aliphatic heterocycles. The van der Waals surface area contributed by atoms with Gasteiger partial charge in [0.05, 0.1) is 0 Å². The highest BCUT2D eigenvalue weighted by atomic mass is 15.1. The number of nitrogens with one attached hydrogen (secondary N) is 1. The zero-order valence-electron chi connectivity index (χ0n) is 10.5. The van der Waals surface area contributed by atoms with Gasteiger partial charge < -0.3 is 10.2 Å². The zero-order chi connectivity index (χ0) is 11.5. The highest BCUT2D eigenvalue weighted by Crippen LogP contribution is 2.25. The van der Waals surface area contributed by atoms with E-state index in [2.05, 4.69) is 34.5 Å². The van der Waals surface area contributed by atoms with E-state index in [-0.39, 0.29) is 0 Å². The van der Waals surface area contributed by atoms with Crippen molar-refractivity contribution in [2.75, 3.05) is 23.3 Å². The van der Waals surface area contributed by atoms with Crippen molar-refractivity contribution < 1.29 is 0 Å². The molecule has 2 nitrogen and oxygen atoms in total. The quantitative estimate of drug-likeness (QED) is 0.852. The fourth-order valence-corrected chi connectivity index (χ4v) is 2.71. The Morgan fingerprint density at radius 1 is 0.882 bits per heavy atom. The molecule has 1 aromatic carbocycles. The summed E-state index contributed by atoms with van der Waals surface area (Å²) in [6.45, 7) is 2.46. The molecule has 1 aliphatic carbocycles. The van der Waals surface area contributed by atoms with Crippen LogP contribution in [0.2, 0.25) is 0 Å². The van der Waals surface area contributed by atoms with Crippen LogP contribution in [0.3, 0.4) is 0 Å². The summed E-state index contributed by atoms with van der Waals surface area (Å²) in [4.78, 5) is 2.51. The van der Waals surface area contributed by atoms with Gasteiger partial charge in [-0.3, -0.25) is 0 Å². The minimum atomic E-state index is 0.732. The largest absolute Gasteiger partial charge is 0.382 e. The first-order valence-electron chi connectivity index (χ1n) is 7.03. The molecule has 1 saturated heterocycles. The van der Waals surface area contributed by atoms with Gasteiger partial charge >= 0.3 is 0 Å². The molecule has 0 radical (unpaired) electrons. The Labute approximate surface area is 104 Å². The van der Waals surface area contributed by atoms with Crippen molar-refractivity contribution in [3.8, 4) is 0 Å². The molecule has 1 saturated carbocycles. The van der Waals surface area contributed by atoms with Gasteiger partial charge in [-0.2, -0.15) is 0 Å². The van der Waals surface area contributed by atoms with Crippen molar-refractivity contribution in [2.45, 2.75) is 44.6 Å². The van der Waals surface area contributed by atoms with E-state index in [9.17, 15) is 0 Å². The van der Waals surface area contributed by atoms with Crippen molar-refractivity contribution in [3.63, 3.8) is 0 Å². The maximum absolute atomic E-state index is 3.59. The molecular formula is C15H22N2. The molecule has 0 amide bonds. The van der Waals surface area contributed by atoms with Gasteiger partial charge in [-0.1, -0.05) is 0 Å². The average Bonchev–Trinajstić information content (AvgIpc) is 2.36. The summed E-state index contributed by atoms with van der Waals surface area (Å²) >= 11 is 0. The summed E-state index contributed by atoms with van der Waals surface area (Å²) in [5, 5.41) is 3.59. The predicted octanol–water partition coefficient (Wildman–Crippen LogP) is 3.64. The first-order chi connectivity index (χ1) is 8.42. The Morgan fingerprint density at radius 3 is 2.18 bits per heavy atom. The van der Waals surface area contributed by atoms with Gasteiger partial charge in [0, 0.05) is 30.5 Å². The number of piperidine rings is 1. The van der Waals surface area contributed by atoms with Crippen molar-refractivity contribution in [2.24, 2.45) is 0 Å². The molecule has 2 fully saturated rings. The summed E-state index contributed by atoms with van der Waals surface area (Å²) < 4.78 is 0. The van der Waals surface area contributed by atoms with Crippen LogP contribution in [-0.4, -0.2) is 19.1 Å². The molecule has 0 atom stereocenters. The topological polar surface area (TPSA) is 15.3 Å². The van der Waals surface area contributed by atoms with E-state index in [1.807, 2.05) is 0 Å². The van der Waals surface area contributed by atoms with E-state index >= 15 is 0 Å². The molecule has 3 rings (SSSR count). The van der Waals surface area contributed by atoms with Gasteiger partial charge in [-0.15, -0.1) is 0 Å². The van der Waals surface area contributed by atoms with Crippen LogP contribution in [0.1, 0.15) is 38.5 Å². The van der Waals surface area contributed by atoms with Crippen LogP contribution in [0.25, 0.3) is 0 Å². The van der Waals surface area contributed by atoms with Crippen LogP contribution in [0, 0.1) is 0 Å². The lowest BCUT2D eigenvalue weighted by Crippen LogP contribution is -2.29. The zero-order valence-corrected chi connectivity index (χ0v) is 10.5. The molecule has 0 bridgehead atoms. The third-order valence-electron chi connectivity index (χ3n) is 4.06. The lowest BCUT2D eigenvalue weighted by molar-refractivity contribution is 0.445. The second kappa shape index (κ2) is 4.99. The molecule has 1 aromatic rings. The monoisotopic (exact) mass is 230 g/mol. The van der Waals surface area contributed by atoms with Gasteiger partial charge in [0.15, 0.2) is 0 Å². The van der Waals surface area contributed by atoms with Crippen molar-refractivity contribution in [3.05, 3.63) is 24.3 Å². The normalized spacial score (nSPS) is 21.1. The summed E-state index contributed by atoms with van der Waals surface area (Å²) in [6.07, 6.45) is 8.17. The SMILES string of the molecule is c1cc(N2CCCCC2)ccc1NC1CCC1. The Balaban J connectivity index is 1.62. The third kappa shape index (κ3) is 2.56. The molecule has 0 spiro atoms. The second-order valence-corrected chi connectivity index (χ2v) is 5.37. The Hall–Kier alpha value is -1.18. The first kappa shape index (κ1) is 10.9. The van der Waals surface area contributed by atoms with Crippen LogP contribution < -0.4 is 10.2 Å².